The molecule has 10 N–H and O–H groups in total. The lowest BCUT2D eigenvalue weighted by Crippen LogP contribution is -2.36. The van der Waals surface area contributed by atoms with Gasteiger partial charge in [-0.1, -0.05) is 0 Å². The highest BCUT2D eigenvalue weighted by Crippen LogP contribution is 2.54. The monoisotopic (exact) mass is 2090 g/mol. The van der Waals surface area contributed by atoms with Crippen LogP contribution in [0.4, 0.5) is 29.1 Å². The first-order chi connectivity index (χ1) is 70.7. The molecule has 7 atom stereocenters. The summed E-state index contributed by atoms with van der Waals surface area (Å²) in [7, 11) is 21.7. The second-order valence-corrected chi connectivity index (χ2v) is 50.1. The van der Waals surface area contributed by atoms with Gasteiger partial charge < -0.3 is 91.5 Å². The third kappa shape index (κ3) is 24.2. The van der Waals surface area contributed by atoms with Crippen LogP contribution in [0.3, 0.4) is 0 Å². The largest absolute Gasteiger partial charge is 0.481 e. The van der Waals surface area contributed by atoms with Crippen LogP contribution in [0.1, 0.15) is 294 Å². The number of carbonyl (C=O) groups excluding carboxylic acids is 4. The second kappa shape index (κ2) is 47.8. The van der Waals surface area contributed by atoms with Crippen molar-refractivity contribution in [2.75, 3.05) is 149 Å². The molecule has 0 spiro atoms. The van der Waals surface area contributed by atoms with E-state index in [4.69, 9.17) is 5.11 Å². The van der Waals surface area contributed by atoms with Crippen LogP contribution in [0.5, 0.6) is 0 Å². The molecule has 0 bridgehead atoms. The van der Waals surface area contributed by atoms with E-state index < -0.39 is 5.97 Å². The molecule has 10 aromatic heterocycles. The van der Waals surface area contributed by atoms with Gasteiger partial charge in [0, 0.05) is 150 Å². The molecule has 10 aliphatic carbocycles. The molecule has 146 heavy (non-hydrogen) atoms. The summed E-state index contributed by atoms with van der Waals surface area (Å²) in [6.07, 6.45) is 46.5. The van der Waals surface area contributed by atoms with Crippen molar-refractivity contribution in [1.29, 1.82) is 0 Å². The van der Waals surface area contributed by atoms with Crippen LogP contribution in [0.25, 0.3) is 51.1 Å². The van der Waals surface area contributed by atoms with Crippen molar-refractivity contribution in [3.63, 3.8) is 0 Å². The van der Waals surface area contributed by atoms with Crippen molar-refractivity contribution in [1.82, 2.24) is 94.4 Å². The van der Waals surface area contributed by atoms with Gasteiger partial charge >= 0.3 is 5.97 Å². The Hall–Kier alpha value is -8.77. The number of likely N-dealkylation sites (tertiary alicyclic amines) is 3. The van der Waals surface area contributed by atoms with Gasteiger partial charge in [0.1, 0.15) is 84.9 Å². The Morgan fingerprint density at radius 1 is 0.322 bits per heavy atom. The molecular formula is C108H154N24O9S5. The SMILES string of the molecule is CN(C)C1CCC(Nc2ncnc3sc4c(c23)C(C(=O)NCCO)CC4)CC1.CN(C)C1CCC(Nc2ncnc3sc4c(c23)C(CC(=O)N2CCCC2)CC4)CC1.CN(C)C1CCC(Nc2ncnc3sc4c(c23)C(CC(=O)N2CC[C@@H](O)C2)CC4)CC1.CN(C)C1CCC(Nc2ncnc3sc4c(c23)C(CC(=O)N2CC[C@H](O)C2)CC4)CC1.CN(C)C1CCC(Nc2ncnc3sc4c(c23)C(CC(=O)O)CC4)CC1. The Morgan fingerprint density at radius 2 is 0.575 bits per heavy atom. The number of hydrogen-bond acceptors (Lipinski definition) is 33. The van der Waals surface area contributed by atoms with E-state index in [0.717, 1.165) is 222 Å². The fourth-order valence-electron chi connectivity index (χ4n) is 26.0. The number of aliphatic carboxylic acids is 1. The number of amides is 4. The minimum atomic E-state index is -0.726. The lowest BCUT2D eigenvalue weighted by Gasteiger charge is -2.33. The zero-order valence-corrected chi connectivity index (χ0v) is 91.2. The fraction of sp³-hybridized carbons (Fsp3) is 0.676. The molecule has 5 saturated carbocycles. The van der Waals surface area contributed by atoms with Gasteiger partial charge in [-0.15, -0.1) is 56.7 Å². The summed E-state index contributed by atoms with van der Waals surface area (Å²) in [5.41, 5.74) is 6.27. The number of carbonyl (C=O) groups is 5. The standard InChI is InChI=1S/2C23H33N5O2S.C23H33N5OS.C20H29N5O2S.C19H26N4O2S/c2*1-27(2)16-6-4-15(5-7-16)26-22-21-20-14(11-19(30)28-10-9-17(29)12-28)3-8-18(20)31-23(21)25-13-24-22;1-27(2)17-8-6-16(7-9-17)26-22-21-20-15(13-19(29)28-11-3-4-12-28)5-10-18(20)30-23(21)25-14-24-22;1-25(2)13-5-3-12(4-6-13)24-18-17-16-14(19(27)21-9-10-26)7-8-15(16)28-20(17)23-11-22-18;1-23(2)13-6-4-12(5-7-13)22-18-17-16-11(9-15(24)25)3-8-14(16)26-19(17)21-10-20-18/h2*13-17,29H,3-12H2,1-2H3,(H,24,25,26);14-17H,3-13H2,1-2H3,(H,24,25,26);11-14,26H,3-10H2,1-2H3,(H,21,27)(H,22,23,24);10-13H,3-9H2,1-2H3,(H,24,25)(H,20,21,22)/t2*14?,15?,16?,17-;;;/m10.../s1. The van der Waals surface area contributed by atoms with Crippen molar-refractivity contribution in [3.05, 3.63) is 83.8 Å². The molecular weight excluding hydrogens is 1940 g/mol. The summed E-state index contributed by atoms with van der Waals surface area (Å²) < 4.78 is 0. The van der Waals surface area contributed by atoms with E-state index in [9.17, 15) is 39.3 Å². The molecule has 3 aliphatic heterocycles. The van der Waals surface area contributed by atoms with Crippen LogP contribution in [-0.4, -0.2) is 335 Å². The lowest BCUT2D eigenvalue weighted by atomic mass is 9.90. The van der Waals surface area contributed by atoms with Crippen LogP contribution in [0, 0.1) is 0 Å². The predicted molar refractivity (Wildman–Crippen MR) is 586 cm³/mol. The first kappa shape index (κ1) is 106. The van der Waals surface area contributed by atoms with E-state index >= 15 is 0 Å². The summed E-state index contributed by atoms with van der Waals surface area (Å²) >= 11 is 8.73. The van der Waals surface area contributed by atoms with Gasteiger partial charge in [-0.3, -0.25) is 24.0 Å². The van der Waals surface area contributed by atoms with Crippen molar-refractivity contribution in [3.8, 4) is 0 Å². The number of aliphatic hydroxyl groups is 3. The number of fused-ring (bicyclic) bond motifs is 15. The van der Waals surface area contributed by atoms with E-state index in [2.05, 4.69) is 182 Å². The Morgan fingerprint density at radius 3 is 0.829 bits per heavy atom. The number of carboxylic acids is 1. The van der Waals surface area contributed by atoms with Crippen LogP contribution >= 0.6 is 56.7 Å². The van der Waals surface area contributed by atoms with E-state index in [-0.39, 0.29) is 66.6 Å². The number of aliphatic hydroxyl groups excluding tert-OH is 3. The molecule has 38 heteroatoms. The van der Waals surface area contributed by atoms with Gasteiger partial charge in [0.05, 0.1) is 58.1 Å². The molecule has 13 aliphatic rings. The summed E-state index contributed by atoms with van der Waals surface area (Å²) in [5, 5.41) is 64.9. The number of carboxylic acid groups (broad SMARTS) is 1. The molecule has 790 valence electrons. The fourth-order valence-corrected chi connectivity index (χ4v) is 32.1. The summed E-state index contributed by atoms with van der Waals surface area (Å²) in [6, 6.07) is 5.57. The maximum absolute atomic E-state index is 12.9. The minimum Gasteiger partial charge on any atom is -0.481 e. The van der Waals surface area contributed by atoms with Gasteiger partial charge in [-0.05, 0) is 340 Å². The highest BCUT2D eigenvalue weighted by Gasteiger charge is 2.42. The average Bonchev–Trinajstić information content (AvgIpc) is 1.61. The van der Waals surface area contributed by atoms with Crippen molar-refractivity contribution in [2.45, 2.75) is 346 Å². The van der Waals surface area contributed by atoms with Gasteiger partial charge in [0.2, 0.25) is 23.6 Å². The van der Waals surface area contributed by atoms with E-state index in [1.165, 1.54) is 129 Å². The number of aromatic nitrogens is 10. The molecule has 4 amide bonds. The summed E-state index contributed by atoms with van der Waals surface area (Å²) in [4.78, 5) is 137. The first-order valence-corrected chi connectivity index (χ1v) is 58.5. The van der Waals surface area contributed by atoms with Gasteiger partial charge in [0.15, 0.2) is 0 Å². The quantitative estimate of drug-likeness (QED) is 0.0241. The second-order valence-electron chi connectivity index (χ2n) is 44.7. The number of hydrogen-bond donors (Lipinski definition) is 10. The molecule has 13 heterocycles. The van der Waals surface area contributed by atoms with Gasteiger partial charge in [-0.25, -0.2) is 49.8 Å². The lowest BCUT2D eigenvalue weighted by molar-refractivity contribution is -0.137. The molecule has 0 aromatic carbocycles. The van der Waals surface area contributed by atoms with Gasteiger partial charge in [-0.2, -0.15) is 0 Å². The van der Waals surface area contributed by atoms with E-state index in [1.54, 1.807) is 77.0 Å². The zero-order valence-electron chi connectivity index (χ0n) is 87.1. The summed E-state index contributed by atoms with van der Waals surface area (Å²) in [5.74, 6) is 5.29. The zero-order chi connectivity index (χ0) is 102. The van der Waals surface area contributed by atoms with Crippen LogP contribution in [0.15, 0.2) is 31.6 Å². The molecule has 8 fully saturated rings. The number of anilines is 5. The highest BCUT2D eigenvalue weighted by atomic mass is 32.1. The van der Waals surface area contributed by atoms with Crippen molar-refractivity contribution < 1.29 is 44.4 Å². The van der Waals surface area contributed by atoms with Crippen LogP contribution < -0.4 is 31.9 Å². The third-order valence-electron chi connectivity index (χ3n) is 34.3. The van der Waals surface area contributed by atoms with Crippen molar-refractivity contribution in [2.24, 2.45) is 0 Å². The first-order valence-electron chi connectivity index (χ1n) is 54.5. The number of rotatable bonds is 26. The Bertz CT molecular complexity index is 6020. The number of β-amino-alcohol motifs (C(OH)–C–C–N with tert-alkyl or cyclic N) is 2. The van der Waals surface area contributed by atoms with E-state index in [1.807, 2.05) is 21.1 Å². The molecule has 23 rings (SSSR count). The third-order valence-corrected chi connectivity index (χ3v) is 40.1. The Balaban J connectivity index is 0.000000115. The highest BCUT2D eigenvalue weighted by molar-refractivity contribution is 7.20. The predicted octanol–water partition coefficient (Wildman–Crippen LogP) is 15.6. The average molecular weight is 2090 g/mol. The number of aryl methyl sites for hydroxylation is 5. The van der Waals surface area contributed by atoms with Crippen molar-refractivity contribution >= 4 is 166 Å². The minimum absolute atomic E-state index is 0.00575. The smallest absolute Gasteiger partial charge is 0.303 e. The maximum Gasteiger partial charge on any atom is 0.303 e. The maximum atomic E-state index is 12.9. The van der Waals surface area contributed by atoms with Crippen LogP contribution in [-0.2, 0) is 56.1 Å². The van der Waals surface area contributed by atoms with Crippen LogP contribution in [0.2, 0.25) is 0 Å². The summed E-state index contributed by atoms with van der Waals surface area (Å²) in [6.45, 7) is 4.45. The molecule has 10 aromatic rings. The van der Waals surface area contributed by atoms with Gasteiger partial charge in [0.25, 0.3) is 0 Å². The molecule has 33 nitrogen and oxygen atoms in total. The van der Waals surface area contributed by atoms with E-state index in [0.29, 0.717) is 137 Å². The number of thiophene rings is 5. The number of nitrogens with one attached hydrogen (secondary N) is 6. The Labute approximate surface area is 878 Å². The molecule has 3 saturated heterocycles. The Kier molecular flexibility index (Phi) is 34.6. The topological polar surface area (TPSA) is 393 Å². The molecule has 5 unspecified atom stereocenters. The molecule has 0 radical (unpaired) electrons. The number of nitrogens with zero attached hydrogens (tertiary/aromatic N) is 18. The normalized spacial score (nSPS) is 26.8.